The maximum Gasteiger partial charge on any atom is 0.262 e. The third-order valence-electron chi connectivity index (χ3n) is 4.00. The molecule has 2 amide bonds. The standard InChI is InChI=1S/C21H28N2O4Si/c1-26-19-7-5-6-17(14-19)23-20(24)15-27-18-10-8-16(9-11-18)21(25)22-12-13-28(2,3)4/h5-11,14H,12-13,15H2,1-4H3,(H,22,25)(H,23,24). The summed E-state index contributed by atoms with van der Waals surface area (Å²) in [6.45, 7) is 7.39. The van der Waals surface area contributed by atoms with Crippen LogP contribution < -0.4 is 20.1 Å². The van der Waals surface area contributed by atoms with Gasteiger partial charge in [-0.3, -0.25) is 9.59 Å². The number of anilines is 1. The van der Waals surface area contributed by atoms with Crippen LogP contribution in [0.25, 0.3) is 0 Å². The molecule has 2 N–H and O–H groups in total. The van der Waals surface area contributed by atoms with Gasteiger partial charge in [-0.1, -0.05) is 25.7 Å². The van der Waals surface area contributed by atoms with E-state index in [-0.39, 0.29) is 18.4 Å². The van der Waals surface area contributed by atoms with E-state index in [9.17, 15) is 9.59 Å². The van der Waals surface area contributed by atoms with E-state index in [0.717, 1.165) is 6.04 Å². The van der Waals surface area contributed by atoms with Gasteiger partial charge in [0.15, 0.2) is 6.61 Å². The molecular formula is C21H28N2O4Si. The van der Waals surface area contributed by atoms with Gasteiger partial charge in [0.05, 0.1) is 7.11 Å². The lowest BCUT2D eigenvalue weighted by molar-refractivity contribution is -0.118. The first kappa shape index (κ1) is 21.5. The highest BCUT2D eigenvalue weighted by atomic mass is 28.3. The fourth-order valence-electron chi connectivity index (χ4n) is 2.40. The van der Waals surface area contributed by atoms with Gasteiger partial charge in [-0.25, -0.2) is 0 Å². The number of methoxy groups -OCH3 is 1. The number of ether oxygens (including phenoxy) is 2. The van der Waals surface area contributed by atoms with Crippen LogP contribution in [0.15, 0.2) is 48.5 Å². The minimum atomic E-state index is -1.17. The van der Waals surface area contributed by atoms with Crippen molar-refractivity contribution >= 4 is 25.6 Å². The van der Waals surface area contributed by atoms with Crippen molar-refractivity contribution in [2.45, 2.75) is 25.7 Å². The first-order valence-corrected chi connectivity index (χ1v) is 12.9. The molecule has 0 fully saturated rings. The summed E-state index contributed by atoms with van der Waals surface area (Å²) in [5.41, 5.74) is 1.21. The molecule has 0 heterocycles. The van der Waals surface area contributed by atoms with Gasteiger partial charge < -0.3 is 20.1 Å². The maximum atomic E-state index is 12.2. The zero-order valence-electron chi connectivity index (χ0n) is 16.9. The van der Waals surface area contributed by atoms with E-state index in [0.29, 0.717) is 29.3 Å². The van der Waals surface area contributed by atoms with Crippen LogP contribution in [0.3, 0.4) is 0 Å². The Morgan fingerprint density at radius 2 is 1.71 bits per heavy atom. The summed E-state index contributed by atoms with van der Waals surface area (Å²) in [4.78, 5) is 24.2. The molecule has 0 unspecified atom stereocenters. The first-order valence-electron chi connectivity index (χ1n) is 9.22. The molecule has 28 heavy (non-hydrogen) atoms. The van der Waals surface area contributed by atoms with Crippen LogP contribution in [0.2, 0.25) is 25.7 Å². The number of amides is 2. The van der Waals surface area contributed by atoms with Gasteiger partial charge in [-0.15, -0.1) is 0 Å². The zero-order chi connectivity index (χ0) is 20.6. The van der Waals surface area contributed by atoms with Crippen LogP contribution in [0, 0.1) is 0 Å². The molecule has 150 valence electrons. The maximum absolute atomic E-state index is 12.2. The molecule has 0 atom stereocenters. The Morgan fingerprint density at radius 1 is 1.00 bits per heavy atom. The molecule has 7 heteroatoms. The third-order valence-corrected chi connectivity index (χ3v) is 5.75. The predicted octanol–water partition coefficient (Wildman–Crippen LogP) is 3.78. The van der Waals surface area contributed by atoms with Gasteiger partial charge in [-0.2, -0.15) is 0 Å². The van der Waals surface area contributed by atoms with Crippen molar-refractivity contribution < 1.29 is 19.1 Å². The number of benzene rings is 2. The summed E-state index contributed by atoms with van der Waals surface area (Å²) < 4.78 is 10.6. The van der Waals surface area contributed by atoms with E-state index in [1.807, 2.05) is 0 Å². The monoisotopic (exact) mass is 400 g/mol. The molecule has 0 aliphatic heterocycles. The summed E-state index contributed by atoms with van der Waals surface area (Å²) in [5, 5.41) is 5.69. The molecule has 0 spiro atoms. The Bertz CT molecular complexity index is 801. The van der Waals surface area contributed by atoms with E-state index in [1.165, 1.54) is 0 Å². The molecule has 0 bridgehead atoms. The highest BCUT2D eigenvalue weighted by Gasteiger charge is 2.13. The summed E-state index contributed by atoms with van der Waals surface area (Å²) in [6.07, 6.45) is 0. The lowest BCUT2D eigenvalue weighted by Gasteiger charge is -2.15. The fourth-order valence-corrected chi connectivity index (χ4v) is 3.28. The van der Waals surface area contributed by atoms with Gasteiger partial charge in [0.1, 0.15) is 11.5 Å². The Kier molecular flexibility index (Phi) is 7.63. The fraction of sp³-hybridized carbons (Fsp3) is 0.333. The normalized spacial score (nSPS) is 10.9. The molecule has 0 saturated heterocycles. The van der Waals surface area contributed by atoms with Crippen LogP contribution in [-0.4, -0.2) is 40.1 Å². The van der Waals surface area contributed by atoms with E-state index in [2.05, 4.69) is 30.3 Å². The highest BCUT2D eigenvalue weighted by molar-refractivity contribution is 6.76. The van der Waals surface area contributed by atoms with Crippen LogP contribution in [0.5, 0.6) is 11.5 Å². The van der Waals surface area contributed by atoms with E-state index < -0.39 is 8.07 Å². The second-order valence-electron chi connectivity index (χ2n) is 7.66. The van der Waals surface area contributed by atoms with Crippen molar-refractivity contribution in [2.75, 3.05) is 25.6 Å². The van der Waals surface area contributed by atoms with Crippen LogP contribution in [-0.2, 0) is 4.79 Å². The summed E-state index contributed by atoms with van der Waals surface area (Å²) >= 11 is 0. The molecule has 0 saturated carbocycles. The number of hydrogen-bond acceptors (Lipinski definition) is 4. The average molecular weight is 401 g/mol. The predicted molar refractivity (Wildman–Crippen MR) is 114 cm³/mol. The summed E-state index contributed by atoms with van der Waals surface area (Å²) in [6, 6.07) is 14.9. The molecular weight excluding hydrogens is 372 g/mol. The van der Waals surface area contributed by atoms with Crippen molar-refractivity contribution in [3.05, 3.63) is 54.1 Å². The minimum Gasteiger partial charge on any atom is -0.497 e. The number of nitrogens with one attached hydrogen (secondary N) is 2. The minimum absolute atomic E-state index is 0.0967. The Hall–Kier alpha value is -2.80. The molecule has 0 aliphatic carbocycles. The molecule has 2 aromatic rings. The van der Waals surface area contributed by atoms with Crippen molar-refractivity contribution in [3.8, 4) is 11.5 Å². The third kappa shape index (κ3) is 7.44. The molecule has 2 aromatic carbocycles. The molecule has 2 rings (SSSR count). The highest BCUT2D eigenvalue weighted by Crippen LogP contribution is 2.17. The Morgan fingerprint density at radius 3 is 2.36 bits per heavy atom. The quantitative estimate of drug-likeness (QED) is 0.628. The number of hydrogen-bond donors (Lipinski definition) is 2. The number of rotatable bonds is 9. The van der Waals surface area contributed by atoms with Crippen LogP contribution in [0.4, 0.5) is 5.69 Å². The van der Waals surface area contributed by atoms with Crippen molar-refractivity contribution in [3.63, 3.8) is 0 Å². The first-order chi connectivity index (χ1) is 13.3. The van der Waals surface area contributed by atoms with Gasteiger partial charge in [0.2, 0.25) is 0 Å². The second-order valence-corrected chi connectivity index (χ2v) is 13.3. The van der Waals surface area contributed by atoms with Crippen LogP contribution in [0.1, 0.15) is 10.4 Å². The smallest absolute Gasteiger partial charge is 0.262 e. The van der Waals surface area contributed by atoms with E-state index in [1.54, 1.807) is 55.6 Å². The molecule has 0 aromatic heterocycles. The Labute approximate surface area is 167 Å². The SMILES string of the molecule is COc1cccc(NC(=O)COc2ccc(C(=O)NCC[Si](C)(C)C)cc2)c1. The van der Waals surface area contributed by atoms with Gasteiger partial charge >= 0.3 is 0 Å². The van der Waals surface area contributed by atoms with Crippen LogP contribution >= 0.6 is 0 Å². The number of carbonyl (C=O) groups excluding carboxylic acids is 2. The molecule has 0 aliphatic rings. The lowest BCUT2D eigenvalue weighted by Crippen LogP contribution is -2.30. The number of carbonyl (C=O) groups is 2. The van der Waals surface area contributed by atoms with Crippen molar-refractivity contribution in [1.82, 2.24) is 5.32 Å². The largest absolute Gasteiger partial charge is 0.497 e. The lowest BCUT2D eigenvalue weighted by atomic mass is 10.2. The van der Waals surface area contributed by atoms with E-state index in [4.69, 9.17) is 9.47 Å². The second kappa shape index (κ2) is 9.94. The van der Waals surface area contributed by atoms with Crippen molar-refractivity contribution in [2.24, 2.45) is 0 Å². The molecule has 6 nitrogen and oxygen atoms in total. The topological polar surface area (TPSA) is 76.7 Å². The van der Waals surface area contributed by atoms with Crippen molar-refractivity contribution in [1.29, 1.82) is 0 Å². The Balaban J connectivity index is 1.80. The van der Waals surface area contributed by atoms with Gasteiger partial charge in [0.25, 0.3) is 11.8 Å². The average Bonchev–Trinajstić information content (AvgIpc) is 2.66. The van der Waals surface area contributed by atoms with E-state index >= 15 is 0 Å². The molecule has 0 radical (unpaired) electrons. The summed E-state index contributed by atoms with van der Waals surface area (Å²) in [7, 11) is 0.401. The zero-order valence-corrected chi connectivity index (χ0v) is 17.9. The van der Waals surface area contributed by atoms with Gasteiger partial charge in [0, 0.05) is 31.9 Å². The summed E-state index contributed by atoms with van der Waals surface area (Å²) in [5.74, 6) is 0.818. The van der Waals surface area contributed by atoms with Gasteiger partial charge in [-0.05, 0) is 42.4 Å².